The van der Waals surface area contributed by atoms with Gasteiger partial charge in [0.2, 0.25) is 0 Å². The van der Waals surface area contributed by atoms with Gasteiger partial charge in [-0.15, -0.1) is 11.3 Å². The van der Waals surface area contributed by atoms with E-state index in [0.29, 0.717) is 5.56 Å². The van der Waals surface area contributed by atoms with Crippen molar-refractivity contribution < 1.29 is 9.53 Å². The molecule has 1 unspecified atom stereocenters. The van der Waals surface area contributed by atoms with E-state index in [-0.39, 0.29) is 11.9 Å². The second-order valence-corrected chi connectivity index (χ2v) is 8.06. The molecule has 2 aliphatic heterocycles. The number of rotatable bonds is 4. The zero-order valence-corrected chi connectivity index (χ0v) is 14.6. The molecule has 2 saturated heterocycles. The van der Waals surface area contributed by atoms with E-state index in [4.69, 9.17) is 4.74 Å². The number of thiophene rings is 1. The van der Waals surface area contributed by atoms with Gasteiger partial charge in [0.15, 0.2) is 5.06 Å². The van der Waals surface area contributed by atoms with Crippen molar-refractivity contribution in [3.05, 3.63) is 46.8 Å². The Morgan fingerprint density at radius 1 is 1.21 bits per heavy atom. The second-order valence-electron chi connectivity index (χ2n) is 6.81. The summed E-state index contributed by atoms with van der Waals surface area (Å²) >= 11 is 1.62. The number of hydrogen-bond donors (Lipinski definition) is 1. The number of nitrogens with one attached hydrogen (secondary N) is 1. The van der Waals surface area contributed by atoms with Crippen LogP contribution in [0, 0.1) is 12.8 Å². The van der Waals surface area contributed by atoms with Crippen molar-refractivity contribution in [3.63, 3.8) is 0 Å². The van der Waals surface area contributed by atoms with Crippen LogP contribution in [0.3, 0.4) is 0 Å². The van der Waals surface area contributed by atoms with Crippen LogP contribution < -0.4 is 10.1 Å². The summed E-state index contributed by atoms with van der Waals surface area (Å²) in [5.74, 6) is 1.53. The van der Waals surface area contributed by atoms with E-state index in [1.54, 1.807) is 11.3 Å². The predicted octanol–water partition coefficient (Wildman–Crippen LogP) is 3.67. The van der Waals surface area contributed by atoms with Crippen molar-refractivity contribution in [1.29, 1.82) is 0 Å². The van der Waals surface area contributed by atoms with Crippen molar-refractivity contribution in [2.24, 2.45) is 5.92 Å². The van der Waals surface area contributed by atoms with Crippen LogP contribution in [0.15, 0.2) is 36.4 Å². The first-order valence-corrected chi connectivity index (χ1v) is 9.35. The third-order valence-corrected chi connectivity index (χ3v) is 5.73. The number of hydrogen-bond acceptors (Lipinski definition) is 4. The van der Waals surface area contributed by atoms with Crippen molar-refractivity contribution in [1.82, 2.24) is 10.2 Å². The average molecular weight is 342 g/mol. The van der Waals surface area contributed by atoms with Crippen LogP contribution in [0.1, 0.15) is 28.1 Å². The molecule has 0 saturated carbocycles. The van der Waals surface area contributed by atoms with E-state index in [1.165, 1.54) is 24.4 Å². The highest BCUT2D eigenvalue weighted by molar-refractivity contribution is 7.13. The first-order chi connectivity index (χ1) is 11.7. The molecule has 2 bridgehead atoms. The molecule has 1 N–H and O–H groups in total. The molecule has 0 aliphatic carbocycles. The SMILES string of the molecule is Cc1ccc(Oc2ccc(C(=O)N[C@@H]3C[C@H]4CCN(C4)C3)cc2)s1. The van der Waals surface area contributed by atoms with Crippen LogP contribution in [0.25, 0.3) is 0 Å². The van der Waals surface area contributed by atoms with Crippen LogP contribution in [-0.2, 0) is 0 Å². The van der Waals surface area contributed by atoms with E-state index in [0.717, 1.165) is 29.7 Å². The smallest absolute Gasteiger partial charge is 0.251 e. The van der Waals surface area contributed by atoms with Gasteiger partial charge in [-0.05, 0) is 68.6 Å². The van der Waals surface area contributed by atoms with Gasteiger partial charge >= 0.3 is 0 Å². The Bertz CT molecular complexity index is 713. The largest absolute Gasteiger partial charge is 0.447 e. The molecule has 1 aromatic carbocycles. The van der Waals surface area contributed by atoms with Crippen molar-refractivity contribution in [3.8, 4) is 10.8 Å². The third-order valence-electron chi connectivity index (χ3n) is 4.85. The molecule has 3 atom stereocenters. The van der Waals surface area contributed by atoms with E-state index in [9.17, 15) is 4.79 Å². The number of fused-ring (bicyclic) bond motifs is 2. The highest BCUT2D eigenvalue weighted by Crippen LogP contribution is 2.29. The molecule has 126 valence electrons. The lowest BCUT2D eigenvalue weighted by atomic mass is 9.96. The maximum absolute atomic E-state index is 12.5. The fraction of sp³-hybridized carbons (Fsp3) is 0.421. The molecule has 4 rings (SSSR count). The van der Waals surface area contributed by atoms with Crippen molar-refractivity contribution >= 4 is 17.2 Å². The summed E-state index contributed by atoms with van der Waals surface area (Å²) < 4.78 is 5.80. The Morgan fingerprint density at radius 2 is 2.04 bits per heavy atom. The standard InChI is InChI=1S/C19H22N2O2S/c1-13-2-7-18(24-13)23-17-5-3-15(4-6-17)19(22)20-16-10-14-8-9-21(11-14)12-16/h2-7,14,16H,8-12H2,1H3,(H,20,22)/t14-,16-/m1/s1. The summed E-state index contributed by atoms with van der Waals surface area (Å²) in [7, 11) is 0. The number of ether oxygens (including phenoxy) is 1. The molecular weight excluding hydrogens is 320 g/mol. The maximum atomic E-state index is 12.5. The Balaban J connectivity index is 1.36. The molecule has 1 amide bonds. The number of piperidine rings is 1. The monoisotopic (exact) mass is 342 g/mol. The molecule has 3 heterocycles. The summed E-state index contributed by atoms with van der Waals surface area (Å²) in [6, 6.07) is 11.7. The van der Waals surface area contributed by atoms with Gasteiger partial charge in [-0.1, -0.05) is 0 Å². The fourth-order valence-electron chi connectivity index (χ4n) is 3.69. The molecular formula is C19H22N2O2S. The van der Waals surface area contributed by atoms with Gasteiger partial charge < -0.3 is 15.0 Å². The van der Waals surface area contributed by atoms with Gasteiger partial charge in [0.25, 0.3) is 5.91 Å². The Hall–Kier alpha value is -1.85. The fourth-order valence-corrected chi connectivity index (χ4v) is 4.42. The Kier molecular flexibility index (Phi) is 4.29. The van der Waals surface area contributed by atoms with Gasteiger partial charge in [-0.3, -0.25) is 4.79 Å². The molecule has 4 nitrogen and oxygen atoms in total. The predicted molar refractivity (Wildman–Crippen MR) is 96.0 cm³/mol. The highest BCUT2D eigenvalue weighted by Gasteiger charge is 2.32. The van der Waals surface area contributed by atoms with Crippen LogP contribution in [0.2, 0.25) is 0 Å². The van der Waals surface area contributed by atoms with Crippen molar-refractivity contribution in [2.75, 3.05) is 19.6 Å². The molecule has 2 aromatic rings. The Labute approximate surface area is 146 Å². The minimum atomic E-state index is 0.0148. The summed E-state index contributed by atoms with van der Waals surface area (Å²) in [5, 5.41) is 4.06. The number of benzene rings is 1. The molecule has 2 fully saturated rings. The minimum Gasteiger partial charge on any atom is -0.447 e. The topological polar surface area (TPSA) is 41.6 Å². The summed E-state index contributed by atoms with van der Waals surface area (Å²) in [6.45, 7) is 5.44. The van der Waals surface area contributed by atoms with E-state index >= 15 is 0 Å². The number of aryl methyl sites for hydroxylation is 1. The zero-order chi connectivity index (χ0) is 16.5. The average Bonchev–Trinajstić information content (AvgIpc) is 3.13. The van der Waals surface area contributed by atoms with E-state index in [1.807, 2.05) is 36.4 Å². The molecule has 24 heavy (non-hydrogen) atoms. The lowest BCUT2D eigenvalue weighted by Crippen LogP contribution is -2.46. The number of carbonyl (C=O) groups is 1. The molecule has 5 heteroatoms. The quantitative estimate of drug-likeness (QED) is 0.922. The van der Waals surface area contributed by atoms with Gasteiger partial charge in [-0.2, -0.15) is 0 Å². The van der Waals surface area contributed by atoms with Crippen LogP contribution in [-0.4, -0.2) is 36.5 Å². The normalized spacial score (nSPS) is 25.5. The number of carbonyl (C=O) groups excluding carboxylic acids is 1. The summed E-state index contributed by atoms with van der Waals surface area (Å²) in [6.07, 6.45) is 2.39. The first kappa shape index (κ1) is 15.7. The lowest BCUT2D eigenvalue weighted by Gasteiger charge is -2.30. The molecule has 0 spiro atoms. The van der Waals surface area contributed by atoms with Gasteiger partial charge in [-0.25, -0.2) is 0 Å². The van der Waals surface area contributed by atoms with E-state index < -0.39 is 0 Å². The summed E-state index contributed by atoms with van der Waals surface area (Å²) in [5.41, 5.74) is 0.692. The molecule has 1 aromatic heterocycles. The third kappa shape index (κ3) is 3.47. The number of amides is 1. The van der Waals surface area contributed by atoms with Crippen LogP contribution in [0.4, 0.5) is 0 Å². The van der Waals surface area contributed by atoms with Gasteiger partial charge in [0.1, 0.15) is 5.75 Å². The van der Waals surface area contributed by atoms with Crippen LogP contribution in [0.5, 0.6) is 10.8 Å². The second kappa shape index (κ2) is 6.57. The lowest BCUT2D eigenvalue weighted by molar-refractivity contribution is 0.0909. The first-order valence-electron chi connectivity index (χ1n) is 8.53. The van der Waals surface area contributed by atoms with Gasteiger partial charge in [0, 0.05) is 29.6 Å². The Morgan fingerprint density at radius 3 is 2.75 bits per heavy atom. The van der Waals surface area contributed by atoms with E-state index in [2.05, 4.69) is 17.1 Å². The molecule has 0 radical (unpaired) electrons. The minimum absolute atomic E-state index is 0.0148. The van der Waals surface area contributed by atoms with Gasteiger partial charge in [0.05, 0.1) is 0 Å². The number of nitrogens with zero attached hydrogens (tertiary/aromatic N) is 1. The maximum Gasteiger partial charge on any atom is 0.251 e. The highest BCUT2D eigenvalue weighted by atomic mass is 32.1. The zero-order valence-electron chi connectivity index (χ0n) is 13.8. The molecule has 2 aliphatic rings. The van der Waals surface area contributed by atoms with Crippen molar-refractivity contribution in [2.45, 2.75) is 25.8 Å². The summed E-state index contributed by atoms with van der Waals surface area (Å²) in [4.78, 5) is 16.1. The van der Waals surface area contributed by atoms with Crippen LogP contribution >= 0.6 is 11.3 Å².